The molecule has 0 fully saturated rings. The van der Waals surface area contributed by atoms with Crippen molar-refractivity contribution in [3.63, 3.8) is 0 Å². The molecule has 0 aliphatic heterocycles. The highest BCUT2D eigenvalue weighted by molar-refractivity contribution is 5.85. The molecule has 0 aliphatic rings. The third kappa shape index (κ3) is 4.32. The number of amides is 1. The number of hydrogen-bond acceptors (Lipinski definition) is 4. The maximum Gasteiger partial charge on any atom is 0.240 e. The van der Waals surface area contributed by atoms with Crippen molar-refractivity contribution >= 4 is 5.91 Å². The summed E-state index contributed by atoms with van der Waals surface area (Å²) in [6.45, 7) is 4.12. The first-order chi connectivity index (χ1) is 11.0. The first-order valence-corrected chi connectivity index (χ1v) is 7.72. The maximum absolute atomic E-state index is 12.1. The highest BCUT2D eigenvalue weighted by Crippen LogP contribution is 2.14. The topological polar surface area (TPSA) is 82.2 Å². The van der Waals surface area contributed by atoms with Gasteiger partial charge in [0.25, 0.3) is 0 Å². The van der Waals surface area contributed by atoms with E-state index in [1.54, 1.807) is 18.7 Å². The van der Waals surface area contributed by atoms with Gasteiger partial charge in [-0.1, -0.05) is 13.3 Å². The number of ether oxygens (including phenoxy) is 1. The average Bonchev–Trinajstić information content (AvgIpc) is 3.01. The first-order valence-electron chi connectivity index (χ1n) is 7.72. The summed E-state index contributed by atoms with van der Waals surface area (Å²) in [7, 11) is 1.63. The van der Waals surface area contributed by atoms with E-state index >= 15 is 0 Å². The summed E-state index contributed by atoms with van der Waals surface area (Å²) in [6, 6.07) is 9.48. The average molecular weight is 316 g/mol. The molecule has 3 N–H and O–H groups in total. The lowest BCUT2D eigenvalue weighted by Crippen LogP contribution is -2.51. The zero-order chi connectivity index (χ0) is 16.9. The number of rotatable bonds is 7. The largest absolute Gasteiger partial charge is 0.497 e. The van der Waals surface area contributed by atoms with Crippen LogP contribution < -0.4 is 15.8 Å². The second-order valence-corrected chi connectivity index (χ2v) is 5.80. The third-order valence-electron chi connectivity index (χ3n) is 3.70. The normalized spacial score (nSPS) is 13.4. The van der Waals surface area contributed by atoms with Crippen LogP contribution in [0.25, 0.3) is 5.69 Å². The smallest absolute Gasteiger partial charge is 0.240 e. The third-order valence-corrected chi connectivity index (χ3v) is 3.70. The zero-order valence-electron chi connectivity index (χ0n) is 13.9. The van der Waals surface area contributed by atoms with Crippen molar-refractivity contribution in [1.82, 2.24) is 15.1 Å². The van der Waals surface area contributed by atoms with Gasteiger partial charge in [0.1, 0.15) is 5.75 Å². The number of nitrogens with one attached hydrogen (secondary N) is 1. The Morgan fingerprint density at radius 2 is 2.04 bits per heavy atom. The van der Waals surface area contributed by atoms with E-state index in [1.165, 1.54) is 0 Å². The van der Waals surface area contributed by atoms with Crippen LogP contribution in [0, 0.1) is 0 Å². The SMILES string of the molecule is CCCC(C)(N)C(=O)NCc1ccn(-c2ccc(OC)cc2)n1. The van der Waals surface area contributed by atoms with Gasteiger partial charge in [-0.05, 0) is 43.7 Å². The zero-order valence-corrected chi connectivity index (χ0v) is 13.9. The summed E-state index contributed by atoms with van der Waals surface area (Å²) in [5.41, 5.74) is 6.88. The fourth-order valence-electron chi connectivity index (χ4n) is 2.34. The Labute approximate surface area is 136 Å². The van der Waals surface area contributed by atoms with Crippen LogP contribution in [0.1, 0.15) is 32.4 Å². The number of carbonyl (C=O) groups excluding carboxylic acids is 1. The molecule has 0 saturated carbocycles. The first kappa shape index (κ1) is 17.0. The van der Waals surface area contributed by atoms with Crippen molar-refractivity contribution in [3.05, 3.63) is 42.2 Å². The lowest BCUT2D eigenvalue weighted by atomic mass is 9.96. The highest BCUT2D eigenvalue weighted by Gasteiger charge is 2.26. The maximum atomic E-state index is 12.1. The second-order valence-electron chi connectivity index (χ2n) is 5.80. The van der Waals surface area contributed by atoms with Gasteiger partial charge in [-0.2, -0.15) is 5.10 Å². The Kier molecular flexibility index (Phi) is 5.39. The van der Waals surface area contributed by atoms with Crippen molar-refractivity contribution in [2.24, 2.45) is 5.73 Å². The standard InChI is InChI=1S/C17H24N4O2/c1-4-10-17(2,18)16(22)19-12-13-9-11-21(20-13)14-5-7-15(23-3)8-6-14/h5-9,11H,4,10,12,18H2,1-3H3,(H,19,22). The van der Waals surface area contributed by atoms with Gasteiger partial charge in [0.15, 0.2) is 0 Å². The minimum Gasteiger partial charge on any atom is -0.497 e. The molecule has 2 aromatic rings. The molecule has 0 spiro atoms. The van der Waals surface area contributed by atoms with Crippen LogP contribution in [-0.4, -0.2) is 28.3 Å². The summed E-state index contributed by atoms with van der Waals surface area (Å²) in [4.78, 5) is 12.1. The van der Waals surface area contributed by atoms with Gasteiger partial charge in [0.05, 0.1) is 30.6 Å². The van der Waals surface area contributed by atoms with Crippen LogP contribution in [0.3, 0.4) is 0 Å². The van der Waals surface area contributed by atoms with E-state index in [-0.39, 0.29) is 5.91 Å². The Balaban J connectivity index is 1.98. The summed E-state index contributed by atoms with van der Waals surface area (Å²) in [5, 5.41) is 7.30. The monoisotopic (exact) mass is 316 g/mol. The lowest BCUT2D eigenvalue weighted by Gasteiger charge is -2.22. The molecule has 1 unspecified atom stereocenters. The van der Waals surface area contributed by atoms with Crippen LogP contribution in [0.4, 0.5) is 0 Å². The van der Waals surface area contributed by atoms with E-state index in [0.29, 0.717) is 13.0 Å². The van der Waals surface area contributed by atoms with Crippen molar-refractivity contribution < 1.29 is 9.53 Å². The molecule has 2 rings (SSSR count). The number of nitrogens with zero attached hydrogens (tertiary/aromatic N) is 2. The summed E-state index contributed by atoms with van der Waals surface area (Å²) in [6.07, 6.45) is 3.38. The number of nitrogens with two attached hydrogens (primary N) is 1. The van der Waals surface area contributed by atoms with Gasteiger partial charge >= 0.3 is 0 Å². The Hall–Kier alpha value is -2.34. The Bertz CT molecular complexity index is 647. The molecule has 23 heavy (non-hydrogen) atoms. The molecule has 1 heterocycles. The van der Waals surface area contributed by atoms with Crippen LogP contribution in [0.15, 0.2) is 36.5 Å². The van der Waals surface area contributed by atoms with Gasteiger partial charge in [0.2, 0.25) is 5.91 Å². The van der Waals surface area contributed by atoms with E-state index in [9.17, 15) is 4.79 Å². The van der Waals surface area contributed by atoms with Crippen LogP contribution in [0.2, 0.25) is 0 Å². The minimum atomic E-state index is -0.840. The van der Waals surface area contributed by atoms with Gasteiger partial charge in [0, 0.05) is 6.20 Å². The number of methoxy groups -OCH3 is 1. The molecule has 0 saturated heterocycles. The van der Waals surface area contributed by atoms with Gasteiger partial charge in [-0.25, -0.2) is 4.68 Å². The molecule has 1 aromatic heterocycles. The van der Waals surface area contributed by atoms with Crippen molar-refractivity contribution in [3.8, 4) is 11.4 Å². The molecular formula is C17H24N4O2. The number of aromatic nitrogens is 2. The molecule has 6 nitrogen and oxygen atoms in total. The fourth-order valence-corrected chi connectivity index (χ4v) is 2.34. The lowest BCUT2D eigenvalue weighted by molar-refractivity contribution is -0.126. The Morgan fingerprint density at radius 1 is 1.35 bits per heavy atom. The minimum absolute atomic E-state index is 0.154. The van der Waals surface area contributed by atoms with E-state index in [1.807, 2.05) is 43.5 Å². The number of hydrogen-bond donors (Lipinski definition) is 2. The van der Waals surface area contributed by atoms with E-state index < -0.39 is 5.54 Å². The van der Waals surface area contributed by atoms with Gasteiger partial charge in [-0.15, -0.1) is 0 Å². The summed E-state index contributed by atoms with van der Waals surface area (Å²) >= 11 is 0. The molecule has 124 valence electrons. The van der Waals surface area contributed by atoms with Crippen molar-refractivity contribution in [2.75, 3.05) is 7.11 Å². The van der Waals surface area contributed by atoms with Crippen LogP contribution in [0.5, 0.6) is 5.75 Å². The predicted octanol–water partition coefficient (Wildman–Crippen LogP) is 2.01. The highest BCUT2D eigenvalue weighted by atomic mass is 16.5. The molecule has 0 bridgehead atoms. The van der Waals surface area contributed by atoms with Gasteiger partial charge in [-0.3, -0.25) is 4.79 Å². The molecular weight excluding hydrogens is 292 g/mol. The number of benzene rings is 1. The Morgan fingerprint density at radius 3 is 2.65 bits per heavy atom. The van der Waals surface area contributed by atoms with Crippen molar-refractivity contribution in [1.29, 1.82) is 0 Å². The van der Waals surface area contributed by atoms with Crippen LogP contribution >= 0.6 is 0 Å². The molecule has 0 aliphatic carbocycles. The quantitative estimate of drug-likeness (QED) is 0.818. The van der Waals surface area contributed by atoms with E-state index in [4.69, 9.17) is 10.5 Å². The van der Waals surface area contributed by atoms with E-state index in [0.717, 1.165) is 23.6 Å². The summed E-state index contributed by atoms with van der Waals surface area (Å²) in [5.74, 6) is 0.643. The van der Waals surface area contributed by atoms with Crippen LogP contribution in [-0.2, 0) is 11.3 Å². The van der Waals surface area contributed by atoms with Crippen molar-refractivity contribution in [2.45, 2.75) is 38.8 Å². The second kappa shape index (κ2) is 7.28. The summed E-state index contributed by atoms with van der Waals surface area (Å²) < 4.78 is 6.90. The number of carbonyl (C=O) groups is 1. The fraction of sp³-hybridized carbons (Fsp3) is 0.412. The molecule has 0 radical (unpaired) electrons. The molecule has 6 heteroatoms. The molecule has 1 aromatic carbocycles. The molecule has 1 amide bonds. The van der Waals surface area contributed by atoms with E-state index in [2.05, 4.69) is 10.4 Å². The van der Waals surface area contributed by atoms with Gasteiger partial charge < -0.3 is 15.8 Å². The molecule has 1 atom stereocenters. The predicted molar refractivity (Wildman–Crippen MR) is 89.5 cm³/mol.